The lowest BCUT2D eigenvalue weighted by Crippen LogP contribution is -2.48. The van der Waals surface area contributed by atoms with Crippen LogP contribution in [0, 0.1) is 24.6 Å². The van der Waals surface area contributed by atoms with Gasteiger partial charge in [0, 0.05) is 49.7 Å². The molecule has 3 atom stereocenters. The molecule has 1 saturated heterocycles. The Bertz CT molecular complexity index is 1120. The number of rotatable bonds is 4. The molecule has 2 bridgehead atoms. The summed E-state index contributed by atoms with van der Waals surface area (Å²) in [6.07, 6.45) is 5.01. The van der Waals surface area contributed by atoms with E-state index in [1.54, 1.807) is 18.5 Å². The second kappa shape index (κ2) is 7.72. The topological polar surface area (TPSA) is 75.0 Å². The zero-order valence-electron chi connectivity index (χ0n) is 18.2. The van der Waals surface area contributed by atoms with E-state index < -0.39 is 0 Å². The molecule has 2 aromatic heterocycles. The fourth-order valence-electron chi connectivity index (χ4n) is 5.52. The second-order valence-electron chi connectivity index (χ2n) is 9.13. The summed E-state index contributed by atoms with van der Waals surface area (Å²) in [5.74, 6) is 3.31. The highest BCUT2D eigenvalue weighted by molar-refractivity contribution is 5.59. The first-order valence-corrected chi connectivity index (χ1v) is 11.4. The number of anilines is 4. The lowest BCUT2D eigenvalue weighted by Gasteiger charge is -2.38. The predicted molar refractivity (Wildman–Crippen MR) is 121 cm³/mol. The first-order valence-electron chi connectivity index (χ1n) is 11.4. The van der Waals surface area contributed by atoms with Gasteiger partial charge in [0.05, 0.1) is 0 Å². The Labute approximate surface area is 186 Å². The summed E-state index contributed by atoms with van der Waals surface area (Å²) in [5.41, 5.74) is 1.82. The molecule has 4 heterocycles. The smallest absolute Gasteiger partial charge is 0.244 e. The third-order valence-electron chi connectivity index (χ3n) is 7.01. The number of hydrogen-bond acceptors (Lipinski definition) is 7. The summed E-state index contributed by atoms with van der Waals surface area (Å²) in [7, 11) is 0. The molecule has 8 nitrogen and oxygen atoms in total. The molecule has 0 radical (unpaired) electrons. The van der Waals surface area contributed by atoms with Gasteiger partial charge < -0.3 is 15.1 Å². The van der Waals surface area contributed by atoms with Gasteiger partial charge in [-0.1, -0.05) is 6.07 Å². The van der Waals surface area contributed by atoms with Crippen molar-refractivity contribution in [3.05, 3.63) is 48.2 Å². The number of benzene rings is 1. The maximum Gasteiger partial charge on any atom is 0.244 e. The molecule has 3 aromatic rings. The molecule has 3 aliphatic rings. The monoisotopic (exact) mass is 434 g/mol. The van der Waals surface area contributed by atoms with Crippen LogP contribution in [-0.4, -0.2) is 50.4 Å². The standard InChI is InChI=1S/C23H27FN8/c1-15-10-20(26-14-25-15)30-12-16-6-7-17(13-30)21(16)27-22-28-23-31(8-3-9-32(23)29-22)19-5-2-4-18(24)11-19/h2,4-5,10-11,14,16-17,21H,3,6-9,12-13H2,1H3,(H,27,29)/t16-,17+,21+. The number of halogens is 1. The predicted octanol–water partition coefficient (Wildman–Crippen LogP) is 3.38. The molecule has 2 aliphatic heterocycles. The van der Waals surface area contributed by atoms with Gasteiger partial charge in [-0.25, -0.2) is 19.0 Å². The van der Waals surface area contributed by atoms with Crippen molar-refractivity contribution < 1.29 is 4.39 Å². The normalized spacial score (nSPS) is 24.5. The molecule has 6 rings (SSSR count). The molecule has 1 aliphatic carbocycles. The number of aromatic nitrogens is 5. The summed E-state index contributed by atoms with van der Waals surface area (Å²) >= 11 is 0. The summed E-state index contributed by atoms with van der Waals surface area (Å²) in [4.78, 5) is 18.0. The molecule has 32 heavy (non-hydrogen) atoms. The average molecular weight is 435 g/mol. The summed E-state index contributed by atoms with van der Waals surface area (Å²) in [6.45, 7) is 5.60. The third kappa shape index (κ3) is 3.45. The van der Waals surface area contributed by atoms with Gasteiger partial charge in [0.1, 0.15) is 18.0 Å². The van der Waals surface area contributed by atoms with Gasteiger partial charge in [-0.2, -0.15) is 4.98 Å². The van der Waals surface area contributed by atoms with E-state index in [-0.39, 0.29) is 5.82 Å². The van der Waals surface area contributed by atoms with Gasteiger partial charge in [0.2, 0.25) is 11.9 Å². The van der Waals surface area contributed by atoms with Crippen LogP contribution in [0.3, 0.4) is 0 Å². The largest absolute Gasteiger partial charge is 0.356 e. The van der Waals surface area contributed by atoms with E-state index in [9.17, 15) is 4.39 Å². The van der Waals surface area contributed by atoms with Crippen LogP contribution in [0.2, 0.25) is 0 Å². The lowest BCUT2D eigenvalue weighted by molar-refractivity contribution is 0.374. The van der Waals surface area contributed by atoms with E-state index in [0.717, 1.165) is 55.7 Å². The Kier molecular flexibility index (Phi) is 4.69. The zero-order valence-corrected chi connectivity index (χ0v) is 18.2. The third-order valence-corrected chi connectivity index (χ3v) is 7.01. The van der Waals surface area contributed by atoms with E-state index in [4.69, 9.17) is 10.1 Å². The SMILES string of the molecule is Cc1cc(N2C[C@H]3CC[C@@H](C2)[C@H]3Nc2nc3n(n2)CCCN3c2cccc(F)c2)ncn1. The first kappa shape index (κ1) is 19.5. The molecule has 0 amide bonds. The van der Waals surface area contributed by atoms with Crippen molar-refractivity contribution in [1.82, 2.24) is 24.7 Å². The van der Waals surface area contributed by atoms with Crippen molar-refractivity contribution in [2.45, 2.75) is 38.8 Å². The highest BCUT2D eigenvalue weighted by atomic mass is 19.1. The number of aryl methyl sites for hydroxylation is 2. The Morgan fingerprint density at radius 1 is 1.06 bits per heavy atom. The Hall–Kier alpha value is -3.23. The molecule has 1 saturated carbocycles. The van der Waals surface area contributed by atoms with Crippen molar-refractivity contribution >= 4 is 23.4 Å². The van der Waals surface area contributed by atoms with Crippen LogP contribution in [0.1, 0.15) is 25.0 Å². The van der Waals surface area contributed by atoms with E-state index in [1.165, 1.54) is 18.9 Å². The van der Waals surface area contributed by atoms with Crippen molar-refractivity contribution in [2.75, 3.05) is 34.8 Å². The lowest BCUT2D eigenvalue weighted by atomic mass is 9.92. The fraction of sp³-hybridized carbons (Fsp3) is 0.478. The van der Waals surface area contributed by atoms with Crippen LogP contribution in [0.4, 0.5) is 27.8 Å². The van der Waals surface area contributed by atoms with Crippen molar-refractivity contribution in [2.24, 2.45) is 11.8 Å². The van der Waals surface area contributed by atoms with Gasteiger partial charge in [-0.3, -0.25) is 0 Å². The van der Waals surface area contributed by atoms with Gasteiger partial charge in [0.15, 0.2) is 0 Å². The Morgan fingerprint density at radius 2 is 1.91 bits per heavy atom. The summed E-state index contributed by atoms with van der Waals surface area (Å²) < 4.78 is 15.7. The summed E-state index contributed by atoms with van der Waals surface area (Å²) in [6, 6.07) is 9.12. The van der Waals surface area contributed by atoms with E-state index in [1.807, 2.05) is 17.7 Å². The van der Waals surface area contributed by atoms with Gasteiger partial charge >= 0.3 is 0 Å². The minimum atomic E-state index is -0.236. The average Bonchev–Trinajstić information content (AvgIpc) is 3.29. The molecule has 166 valence electrons. The maximum absolute atomic E-state index is 13.8. The molecule has 0 unspecified atom stereocenters. The highest BCUT2D eigenvalue weighted by Crippen LogP contribution is 2.40. The zero-order chi connectivity index (χ0) is 21.7. The highest BCUT2D eigenvalue weighted by Gasteiger charge is 2.43. The van der Waals surface area contributed by atoms with Gasteiger partial charge in [-0.05, 0) is 56.2 Å². The number of piperidine rings is 1. The van der Waals surface area contributed by atoms with Crippen LogP contribution in [0.5, 0.6) is 0 Å². The molecular weight excluding hydrogens is 407 g/mol. The van der Waals surface area contributed by atoms with Crippen LogP contribution >= 0.6 is 0 Å². The molecule has 1 aromatic carbocycles. The molecule has 0 spiro atoms. The van der Waals surface area contributed by atoms with Crippen molar-refractivity contribution in [3.8, 4) is 0 Å². The maximum atomic E-state index is 13.8. The number of nitrogens with zero attached hydrogens (tertiary/aromatic N) is 7. The van der Waals surface area contributed by atoms with Gasteiger partial charge in [-0.15, -0.1) is 5.10 Å². The first-order chi connectivity index (χ1) is 15.6. The molecule has 2 fully saturated rings. The second-order valence-corrected chi connectivity index (χ2v) is 9.13. The minimum Gasteiger partial charge on any atom is -0.356 e. The minimum absolute atomic E-state index is 0.236. The van der Waals surface area contributed by atoms with Crippen LogP contribution in [0.15, 0.2) is 36.7 Å². The number of hydrogen-bond donors (Lipinski definition) is 1. The quantitative estimate of drug-likeness (QED) is 0.675. The van der Waals surface area contributed by atoms with E-state index in [0.29, 0.717) is 23.8 Å². The van der Waals surface area contributed by atoms with Gasteiger partial charge in [0.25, 0.3) is 0 Å². The summed E-state index contributed by atoms with van der Waals surface area (Å²) in [5, 5.41) is 8.42. The van der Waals surface area contributed by atoms with E-state index >= 15 is 0 Å². The van der Waals surface area contributed by atoms with Crippen LogP contribution < -0.4 is 15.1 Å². The van der Waals surface area contributed by atoms with Crippen molar-refractivity contribution in [1.29, 1.82) is 0 Å². The van der Waals surface area contributed by atoms with Crippen LogP contribution in [0.25, 0.3) is 0 Å². The van der Waals surface area contributed by atoms with Crippen molar-refractivity contribution in [3.63, 3.8) is 0 Å². The number of fused-ring (bicyclic) bond motifs is 3. The van der Waals surface area contributed by atoms with Crippen LogP contribution in [-0.2, 0) is 6.54 Å². The Balaban J connectivity index is 1.20. The number of nitrogens with one attached hydrogen (secondary N) is 1. The molecule has 1 N–H and O–H groups in total. The Morgan fingerprint density at radius 3 is 2.69 bits per heavy atom. The fourth-order valence-corrected chi connectivity index (χ4v) is 5.52. The van der Waals surface area contributed by atoms with E-state index in [2.05, 4.69) is 31.2 Å². The molecular formula is C23H27FN8. The molecule has 9 heteroatoms.